The van der Waals surface area contributed by atoms with Crippen LogP contribution in [0.25, 0.3) is 0 Å². The summed E-state index contributed by atoms with van der Waals surface area (Å²) in [5.74, 6) is 1.02. The molecular formula is C19H32N2O. The van der Waals surface area contributed by atoms with E-state index in [9.17, 15) is 0 Å². The molecule has 0 heterocycles. The fourth-order valence-corrected chi connectivity index (χ4v) is 3.33. The highest BCUT2D eigenvalue weighted by molar-refractivity contribution is 5.59. The molecule has 1 aliphatic carbocycles. The van der Waals surface area contributed by atoms with Gasteiger partial charge in [0, 0.05) is 25.7 Å². The number of nitrogens with one attached hydrogen (secondary N) is 1. The van der Waals surface area contributed by atoms with Crippen molar-refractivity contribution >= 4 is 5.69 Å². The van der Waals surface area contributed by atoms with Crippen LogP contribution in [0.4, 0.5) is 5.69 Å². The molecule has 1 N–H and O–H groups in total. The second-order valence-electron chi connectivity index (χ2n) is 6.12. The van der Waals surface area contributed by atoms with E-state index in [0.717, 1.165) is 25.4 Å². The van der Waals surface area contributed by atoms with Gasteiger partial charge in [0.25, 0.3) is 0 Å². The van der Waals surface area contributed by atoms with Gasteiger partial charge in [0.15, 0.2) is 0 Å². The standard InChI is InChI=1S/C19H32N2O/c1-4-21(5-2)18-13-12-16(14-19(18)22-6-3)15-20-17-10-8-7-9-11-17/h12-14,17,20H,4-11,15H2,1-3H3. The Morgan fingerprint density at radius 1 is 1.09 bits per heavy atom. The van der Waals surface area contributed by atoms with E-state index in [4.69, 9.17) is 4.74 Å². The molecule has 0 atom stereocenters. The van der Waals surface area contributed by atoms with Crippen molar-refractivity contribution in [1.82, 2.24) is 5.32 Å². The van der Waals surface area contributed by atoms with Crippen LogP contribution >= 0.6 is 0 Å². The Bertz CT molecular complexity index is 437. The van der Waals surface area contributed by atoms with Gasteiger partial charge in [-0.2, -0.15) is 0 Å². The molecule has 1 aromatic carbocycles. The molecule has 3 heteroatoms. The zero-order chi connectivity index (χ0) is 15.8. The van der Waals surface area contributed by atoms with Gasteiger partial charge in [-0.3, -0.25) is 0 Å². The van der Waals surface area contributed by atoms with Crippen molar-refractivity contribution in [2.45, 2.75) is 65.5 Å². The van der Waals surface area contributed by atoms with Crippen LogP contribution in [-0.4, -0.2) is 25.7 Å². The summed E-state index contributed by atoms with van der Waals surface area (Å²) in [5.41, 5.74) is 2.54. The topological polar surface area (TPSA) is 24.5 Å². The van der Waals surface area contributed by atoms with E-state index in [2.05, 4.69) is 49.2 Å². The van der Waals surface area contributed by atoms with Crippen LogP contribution in [0.5, 0.6) is 5.75 Å². The zero-order valence-electron chi connectivity index (χ0n) is 14.5. The Kier molecular flexibility index (Phi) is 7.04. The number of rotatable bonds is 8. The first-order valence-electron chi connectivity index (χ1n) is 9.02. The second kappa shape index (κ2) is 9.04. The maximum Gasteiger partial charge on any atom is 0.142 e. The molecule has 0 radical (unpaired) electrons. The van der Waals surface area contributed by atoms with Crippen LogP contribution in [0.1, 0.15) is 58.4 Å². The Balaban J connectivity index is 2.03. The molecule has 0 unspecified atom stereocenters. The molecule has 1 fully saturated rings. The highest BCUT2D eigenvalue weighted by atomic mass is 16.5. The number of nitrogens with zero attached hydrogens (tertiary/aromatic N) is 1. The highest BCUT2D eigenvalue weighted by Gasteiger charge is 2.14. The third kappa shape index (κ3) is 4.64. The smallest absolute Gasteiger partial charge is 0.142 e. The largest absolute Gasteiger partial charge is 0.492 e. The predicted octanol–water partition coefficient (Wildman–Crippen LogP) is 4.35. The van der Waals surface area contributed by atoms with Gasteiger partial charge in [0.05, 0.1) is 12.3 Å². The molecule has 0 spiro atoms. The highest BCUT2D eigenvalue weighted by Crippen LogP contribution is 2.30. The molecular weight excluding hydrogens is 272 g/mol. The SMILES string of the molecule is CCOc1cc(CNC2CCCCC2)ccc1N(CC)CC. The van der Waals surface area contributed by atoms with Crippen molar-refractivity contribution in [2.24, 2.45) is 0 Å². The molecule has 0 aromatic heterocycles. The Morgan fingerprint density at radius 2 is 1.82 bits per heavy atom. The minimum absolute atomic E-state index is 0.701. The lowest BCUT2D eigenvalue weighted by Crippen LogP contribution is -2.30. The van der Waals surface area contributed by atoms with Crippen LogP contribution in [0, 0.1) is 0 Å². The average Bonchev–Trinajstić information content (AvgIpc) is 2.57. The minimum Gasteiger partial charge on any atom is -0.492 e. The van der Waals surface area contributed by atoms with E-state index in [-0.39, 0.29) is 0 Å². The summed E-state index contributed by atoms with van der Waals surface area (Å²) in [6, 6.07) is 7.38. The van der Waals surface area contributed by atoms with Crippen molar-refractivity contribution in [3.63, 3.8) is 0 Å². The van der Waals surface area contributed by atoms with Gasteiger partial charge in [-0.25, -0.2) is 0 Å². The summed E-state index contributed by atoms with van der Waals surface area (Å²) in [6.07, 6.45) is 6.82. The molecule has 3 nitrogen and oxygen atoms in total. The molecule has 0 bridgehead atoms. The Hall–Kier alpha value is -1.22. The van der Waals surface area contributed by atoms with Gasteiger partial charge in [0.2, 0.25) is 0 Å². The molecule has 124 valence electrons. The number of hydrogen-bond acceptors (Lipinski definition) is 3. The fraction of sp³-hybridized carbons (Fsp3) is 0.684. The van der Waals surface area contributed by atoms with Crippen LogP contribution < -0.4 is 15.0 Å². The van der Waals surface area contributed by atoms with Crippen LogP contribution in [-0.2, 0) is 6.54 Å². The number of anilines is 1. The molecule has 22 heavy (non-hydrogen) atoms. The van der Waals surface area contributed by atoms with Crippen LogP contribution in [0.2, 0.25) is 0 Å². The molecule has 1 saturated carbocycles. The van der Waals surface area contributed by atoms with Crippen LogP contribution in [0.15, 0.2) is 18.2 Å². The summed E-state index contributed by atoms with van der Waals surface area (Å²) in [5, 5.41) is 3.71. The maximum absolute atomic E-state index is 5.88. The first-order chi connectivity index (χ1) is 10.8. The summed E-state index contributed by atoms with van der Waals surface area (Å²) in [4.78, 5) is 2.35. The third-order valence-electron chi connectivity index (χ3n) is 4.63. The molecule has 2 rings (SSSR count). The summed E-state index contributed by atoms with van der Waals surface area (Å²) in [7, 11) is 0. The summed E-state index contributed by atoms with van der Waals surface area (Å²) in [6.45, 7) is 10.1. The molecule has 1 aromatic rings. The normalized spacial score (nSPS) is 15.8. The summed E-state index contributed by atoms with van der Waals surface area (Å²) >= 11 is 0. The van der Waals surface area contributed by atoms with E-state index in [1.807, 2.05) is 0 Å². The van der Waals surface area contributed by atoms with E-state index >= 15 is 0 Å². The summed E-state index contributed by atoms with van der Waals surface area (Å²) < 4.78 is 5.88. The second-order valence-corrected chi connectivity index (χ2v) is 6.12. The lowest BCUT2D eigenvalue weighted by molar-refractivity contribution is 0.339. The van der Waals surface area contributed by atoms with E-state index in [1.165, 1.54) is 43.4 Å². The Labute approximate surface area is 136 Å². The van der Waals surface area contributed by atoms with Crippen molar-refractivity contribution in [3.05, 3.63) is 23.8 Å². The monoisotopic (exact) mass is 304 g/mol. The molecule has 0 amide bonds. The molecule has 0 aliphatic heterocycles. The van der Waals surface area contributed by atoms with Crippen molar-refractivity contribution < 1.29 is 4.74 Å². The van der Waals surface area contributed by atoms with Crippen molar-refractivity contribution in [3.8, 4) is 5.75 Å². The predicted molar refractivity (Wildman–Crippen MR) is 94.9 cm³/mol. The average molecular weight is 304 g/mol. The van der Waals surface area contributed by atoms with E-state index in [0.29, 0.717) is 12.6 Å². The van der Waals surface area contributed by atoms with Gasteiger partial charge < -0.3 is 15.0 Å². The van der Waals surface area contributed by atoms with Crippen molar-refractivity contribution in [1.29, 1.82) is 0 Å². The van der Waals surface area contributed by atoms with E-state index in [1.54, 1.807) is 0 Å². The quantitative estimate of drug-likeness (QED) is 0.772. The minimum atomic E-state index is 0.701. The first-order valence-corrected chi connectivity index (χ1v) is 9.02. The zero-order valence-corrected chi connectivity index (χ0v) is 14.5. The lowest BCUT2D eigenvalue weighted by atomic mass is 9.95. The fourth-order valence-electron chi connectivity index (χ4n) is 3.33. The maximum atomic E-state index is 5.88. The van der Waals surface area contributed by atoms with Crippen molar-refractivity contribution in [2.75, 3.05) is 24.6 Å². The number of ether oxygens (including phenoxy) is 1. The number of benzene rings is 1. The first kappa shape index (κ1) is 17.1. The van der Waals surface area contributed by atoms with Gasteiger partial charge in [-0.05, 0) is 51.3 Å². The van der Waals surface area contributed by atoms with Gasteiger partial charge in [-0.1, -0.05) is 25.3 Å². The molecule has 1 aliphatic rings. The number of hydrogen-bond donors (Lipinski definition) is 1. The van der Waals surface area contributed by atoms with Gasteiger partial charge >= 0.3 is 0 Å². The third-order valence-corrected chi connectivity index (χ3v) is 4.63. The van der Waals surface area contributed by atoms with Gasteiger partial charge in [0.1, 0.15) is 5.75 Å². The molecule has 0 saturated heterocycles. The van der Waals surface area contributed by atoms with Gasteiger partial charge in [-0.15, -0.1) is 0 Å². The van der Waals surface area contributed by atoms with E-state index < -0.39 is 0 Å². The lowest BCUT2D eigenvalue weighted by Gasteiger charge is -2.25. The van der Waals surface area contributed by atoms with Crippen LogP contribution in [0.3, 0.4) is 0 Å². The Morgan fingerprint density at radius 3 is 2.45 bits per heavy atom.